The summed E-state index contributed by atoms with van der Waals surface area (Å²) >= 11 is 0. The molecule has 2 aromatic carbocycles. The van der Waals surface area contributed by atoms with Crippen molar-refractivity contribution in [3.8, 4) is 5.75 Å². The molecule has 0 unspecified atom stereocenters. The van der Waals surface area contributed by atoms with Gasteiger partial charge in [0.1, 0.15) is 24.9 Å². The molecule has 3 aromatic rings. The predicted octanol–water partition coefficient (Wildman–Crippen LogP) is 10.6. The summed E-state index contributed by atoms with van der Waals surface area (Å²) in [6.45, 7) is 20.0. The Hall–Kier alpha value is -3.53. The first-order valence-corrected chi connectivity index (χ1v) is 23.0. The van der Waals surface area contributed by atoms with E-state index in [1.54, 1.807) is 19.4 Å². The Kier molecular flexibility index (Phi) is 10.9. The van der Waals surface area contributed by atoms with Crippen LogP contribution in [0, 0.1) is 28.1 Å². The topological polar surface area (TPSA) is 76.4 Å². The highest BCUT2D eigenvalue weighted by atomic mass is 28.4. The average molecular weight is 751 g/mol. The largest absolute Gasteiger partial charge is 0.493 e. The summed E-state index contributed by atoms with van der Waals surface area (Å²) in [5, 5.41) is 0. The maximum absolute atomic E-state index is 14.1. The van der Waals surface area contributed by atoms with Gasteiger partial charge in [0.05, 0.1) is 33.0 Å². The predicted molar refractivity (Wildman–Crippen MR) is 213 cm³/mol. The van der Waals surface area contributed by atoms with Crippen LogP contribution in [0.3, 0.4) is 0 Å². The fourth-order valence-electron chi connectivity index (χ4n) is 10.7. The number of benzene rings is 2. The van der Waals surface area contributed by atoms with Gasteiger partial charge in [-0.25, -0.2) is 0 Å². The minimum absolute atomic E-state index is 0.0831. The number of allylic oxidation sites excluding steroid dienone is 2. The Morgan fingerprint density at radius 3 is 2.30 bits per heavy atom. The zero-order valence-corrected chi connectivity index (χ0v) is 34.2. The van der Waals surface area contributed by atoms with Crippen molar-refractivity contribution in [1.29, 1.82) is 0 Å². The molecule has 1 spiro atoms. The van der Waals surface area contributed by atoms with E-state index in [9.17, 15) is 4.79 Å². The summed E-state index contributed by atoms with van der Waals surface area (Å²) in [4.78, 5) is 14.1. The normalized spacial score (nSPS) is 29.0. The van der Waals surface area contributed by atoms with Crippen LogP contribution in [0.4, 0.5) is 0 Å². The van der Waals surface area contributed by atoms with Gasteiger partial charge in [0.25, 0.3) is 0 Å². The van der Waals surface area contributed by atoms with Gasteiger partial charge in [0, 0.05) is 23.3 Å². The van der Waals surface area contributed by atoms with Crippen molar-refractivity contribution in [1.82, 2.24) is 0 Å². The van der Waals surface area contributed by atoms with Crippen molar-refractivity contribution >= 4 is 14.1 Å². The first-order valence-electron chi connectivity index (χ1n) is 19.6. The molecule has 1 aromatic heterocycles. The fourth-order valence-corrected chi connectivity index (χ4v) is 11.6. The third kappa shape index (κ3) is 6.83. The Morgan fingerprint density at radius 2 is 1.69 bits per heavy atom. The van der Waals surface area contributed by atoms with Gasteiger partial charge < -0.3 is 27.8 Å². The summed E-state index contributed by atoms with van der Waals surface area (Å²) in [5.41, 5.74) is 5.85. The summed E-state index contributed by atoms with van der Waals surface area (Å²) < 4.78 is 38.3. The van der Waals surface area contributed by atoms with E-state index < -0.39 is 19.8 Å². The highest BCUT2D eigenvalue weighted by Crippen LogP contribution is 2.90. The van der Waals surface area contributed by atoms with E-state index in [0.29, 0.717) is 36.6 Å². The van der Waals surface area contributed by atoms with Crippen molar-refractivity contribution in [2.45, 2.75) is 97.9 Å². The van der Waals surface area contributed by atoms with Crippen molar-refractivity contribution < 1.29 is 32.6 Å². The summed E-state index contributed by atoms with van der Waals surface area (Å²) in [6, 6.07) is 22.5. The molecule has 4 fully saturated rings. The van der Waals surface area contributed by atoms with Crippen molar-refractivity contribution in [3.05, 3.63) is 125 Å². The van der Waals surface area contributed by atoms with Crippen LogP contribution in [0.2, 0.25) is 19.6 Å². The number of ether oxygens (including phenoxy) is 4. The molecular weight excluding hydrogens is 693 g/mol. The second-order valence-electron chi connectivity index (χ2n) is 17.4. The van der Waals surface area contributed by atoms with E-state index in [4.69, 9.17) is 34.4 Å². The van der Waals surface area contributed by atoms with E-state index in [1.165, 1.54) is 11.1 Å². The monoisotopic (exact) mass is 750 g/mol. The van der Waals surface area contributed by atoms with Crippen LogP contribution in [0.25, 0.3) is 0 Å². The fraction of sp³-hybridized carbons (Fsp3) is 0.500. The average Bonchev–Trinajstić information content (AvgIpc) is 3.52. The maximum Gasteiger partial charge on any atom is 0.185 e. The second kappa shape index (κ2) is 15.2. The van der Waals surface area contributed by atoms with Crippen LogP contribution in [0.15, 0.2) is 112 Å². The number of fused-ring (bicyclic) bond motifs is 1. The number of carbonyl (C=O) groups is 1. The van der Waals surface area contributed by atoms with E-state index in [-0.39, 0.29) is 35.9 Å². The minimum atomic E-state index is -2.13. The quantitative estimate of drug-likeness (QED) is 0.0421. The second-order valence-corrected chi connectivity index (χ2v) is 21.8. The van der Waals surface area contributed by atoms with Crippen molar-refractivity contribution in [3.63, 3.8) is 0 Å². The molecule has 8 heteroatoms. The highest BCUT2D eigenvalue weighted by Gasteiger charge is 2.87. The zero-order chi connectivity index (χ0) is 38.3. The molecule has 8 rings (SSSR count). The highest BCUT2D eigenvalue weighted by molar-refractivity contribution is 6.69. The van der Waals surface area contributed by atoms with Crippen LogP contribution in [0.5, 0.6) is 5.75 Å². The SMILES string of the molecule is C=C1[C@@]23C(CC(=O)C=C(C)C)=C([C@@H](O[Si](C)(C)C)c4cc(OC)co4)CC[C@@]2(C)[C@]1([C@@H]1C[C@H]1COCc1ccccc1)C[C@@H]3OCOCc1ccccc1. The summed E-state index contributed by atoms with van der Waals surface area (Å²) in [6.07, 6.45) is 6.71. The van der Waals surface area contributed by atoms with Crippen LogP contribution >= 0.6 is 0 Å². The Labute approximate surface area is 322 Å². The molecule has 0 amide bonds. The molecule has 54 heavy (non-hydrogen) atoms. The molecule has 0 radical (unpaired) electrons. The molecule has 7 nitrogen and oxygen atoms in total. The number of methoxy groups -OCH3 is 1. The lowest BCUT2D eigenvalue weighted by Gasteiger charge is -2.70. The van der Waals surface area contributed by atoms with Gasteiger partial charge in [-0.3, -0.25) is 4.79 Å². The molecule has 1 heterocycles. The Morgan fingerprint density at radius 1 is 1.02 bits per heavy atom. The Balaban J connectivity index is 1.27. The number of hydrogen-bond acceptors (Lipinski definition) is 7. The van der Waals surface area contributed by atoms with Gasteiger partial charge in [0.2, 0.25) is 0 Å². The molecule has 0 aliphatic heterocycles. The van der Waals surface area contributed by atoms with Gasteiger partial charge >= 0.3 is 0 Å². The van der Waals surface area contributed by atoms with E-state index in [1.807, 2.05) is 44.2 Å². The van der Waals surface area contributed by atoms with Crippen molar-refractivity contribution in [2.24, 2.45) is 28.1 Å². The van der Waals surface area contributed by atoms with E-state index >= 15 is 0 Å². The minimum Gasteiger partial charge on any atom is -0.493 e. The number of hydrogen-bond donors (Lipinski definition) is 0. The molecule has 288 valence electrons. The number of rotatable bonds is 18. The Bertz CT molecular complexity index is 1890. The van der Waals surface area contributed by atoms with E-state index in [2.05, 4.69) is 63.0 Å². The lowest BCUT2D eigenvalue weighted by molar-refractivity contribution is -0.149. The van der Waals surface area contributed by atoms with Gasteiger partial charge in [-0.15, -0.1) is 0 Å². The maximum atomic E-state index is 14.1. The van der Waals surface area contributed by atoms with Gasteiger partial charge in [-0.2, -0.15) is 0 Å². The van der Waals surface area contributed by atoms with Gasteiger partial charge in [-0.1, -0.05) is 85.3 Å². The molecule has 0 N–H and O–H groups in total. The first kappa shape index (κ1) is 38.7. The molecule has 7 atom stereocenters. The van der Waals surface area contributed by atoms with Gasteiger partial charge in [0.15, 0.2) is 19.9 Å². The smallest absolute Gasteiger partial charge is 0.185 e. The third-order valence-electron chi connectivity index (χ3n) is 12.8. The summed E-state index contributed by atoms with van der Waals surface area (Å²) in [5.74, 6) is 2.33. The molecule has 5 aliphatic rings. The number of carbonyl (C=O) groups excluding carboxylic acids is 1. The van der Waals surface area contributed by atoms with Crippen LogP contribution in [0.1, 0.15) is 75.9 Å². The van der Waals surface area contributed by atoms with Gasteiger partial charge in [-0.05, 0) is 105 Å². The molecule has 0 saturated heterocycles. The molecule has 4 saturated carbocycles. The first-order chi connectivity index (χ1) is 25.8. The standard InChI is InChI=1S/C46H58O7Si/c1-31(2)21-36(47)23-40-38(43(53-54(6,7)8)41-24-37(48-5)29-51-41)19-20-44(4)45(39-22-35(39)28-49-26-33-15-11-9-12-16-33)25-42(46(40,44)32(45)3)52-30-50-27-34-17-13-10-14-18-34/h9-18,21,24,29,35,39,42-43H,3,19-20,22-23,25-28,30H2,1-2,4-8H3/t35-,39+,42-,43+,44-,45+,46-/m0/s1. The van der Waals surface area contributed by atoms with Crippen LogP contribution in [-0.2, 0) is 36.6 Å². The van der Waals surface area contributed by atoms with Crippen LogP contribution in [-0.4, -0.2) is 40.7 Å². The zero-order valence-electron chi connectivity index (χ0n) is 33.2. The lowest BCUT2D eigenvalue weighted by Crippen LogP contribution is -2.65. The van der Waals surface area contributed by atoms with E-state index in [0.717, 1.165) is 54.6 Å². The molecule has 2 bridgehead atoms. The number of furan rings is 1. The molecular formula is C46H58O7Si. The van der Waals surface area contributed by atoms with Crippen LogP contribution < -0.4 is 4.74 Å². The number of ketones is 1. The lowest BCUT2D eigenvalue weighted by atomic mass is 9.33. The van der Waals surface area contributed by atoms with Crippen molar-refractivity contribution in [2.75, 3.05) is 20.5 Å². The summed E-state index contributed by atoms with van der Waals surface area (Å²) in [7, 11) is -0.483. The molecule has 5 aliphatic carbocycles. The third-order valence-corrected chi connectivity index (χ3v) is 13.7.